The minimum atomic E-state index is -1.86. The standard InChI is InChI=1S/C24H35N7O7/c1-17(32)24(10-6-12-27-19(33)9-5-11-28-22(25)26)21(36)30(15-20(34)35)13-14-31(24)29-23(37)38-16-18-7-3-2-4-8-18/h2-4,7-8H,5-6,9-16H2,1H3,(H,27,33)(H,29,37)(H,34,35)(H4,25,26,28)/t24-/m0/s1. The Morgan fingerprint density at radius 1 is 1.13 bits per heavy atom. The summed E-state index contributed by atoms with van der Waals surface area (Å²) in [4.78, 5) is 67.2. The summed E-state index contributed by atoms with van der Waals surface area (Å²) < 4.78 is 5.25. The van der Waals surface area contributed by atoms with Crippen LogP contribution in [-0.4, -0.2) is 88.9 Å². The van der Waals surface area contributed by atoms with E-state index in [9.17, 15) is 29.1 Å². The van der Waals surface area contributed by atoms with Gasteiger partial charge in [-0.05, 0) is 31.7 Å². The molecule has 14 heteroatoms. The van der Waals surface area contributed by atoms with E-state index in [0.29, 0.717) is 13.0 Å². The third-order valence-electron chi connectivity index (χ3n) is 5.94. The van der Waals surface area contributed by atoms with Crippen LogP contribution in [0, 0.1) is 0 Å². The van der Waals surface area contributed by atoms with Crippen molar-refractivity contribution in [3.05, 3.63) is 35.9 Å². The number of nitrogens with zero attached hydrogens (tertiary/aromatic N) is 3. The summed E-state index contributed by atoms with van der Waals surface area (Å²) in [5.74, 6) is -2.87. The van der Waals surface area contributed by atoms with Crippen molar-refractivity contribution in [1.29, 1.82) is 0 Å². The molecule has 14 nitrogen and oxygen atoms in total. The second kappa shape index (κ2) is 14.5. The number of amides is 3. The number of hydrogen-bond donors (Lipinski definition) is 5. The monoisotopic (exact) mass is 533 g/mol. The number of piperazine rings is 1. The number of carbonyl (C=O) groups excluding carboxylic acids is 4. The quantitative estimate of drug-likeness (QED) is 0.0881. The number of hydrazine groups is 1. The fourth-order valence-corrected chi connectivity index (χ4v) is 4.09. The van der Waals surface area contributed by atoms with E-state index in [1.807, 2.05) is 6.07 Å². The summed E-state index contributed by atoms with van der Waals surface area (Å²) in [6, 6.07) is 8.95. The summed E-state index contributed by atoms with van der Waals surface area (Å²) in [5.41, 5.74) is 11.9. The van der Waals surface area contributed by atoms with Crippen molar-refractivity contribution in [2.45, 2.75) is 44.8 Å². The van der Waals surface area contributed by atoms with Crippen LogP contribution in [0.5, 0.6) is 0 Å². The first-order valence-electron chi connectivity index (χ1n) is 12.2. The molecule has 1 aromatic carbocycles. The van der Waals surface area contributed by atoms with Crippen LogP contribution >= 0.6 is 0 Å². The Bertz CT molecular complexity index is 1030. The summed E-state index contributed by atoms with van der Waals surface area (Å²) in [5, 5.41) is 13.1. The number of Topliss-reactive ketones (excluding diaryl/α,β-unsaturated/α-hetero) is 1. The number of ketones is 1. The maximum Gasteiger partial charge on any atom is 0.422 e. The van der Waals surface area contributed by atoms with E-state index < -0.39 is 35.8 Å². The van der Waals surface area contributed by atoms with Gasteiger partial charge in [0.05, 0.1) is 0 Å². The van der Waals surface area contributed by atoms with Gasteiger partial charge in [-0.1, -0.05) is 30.3 Å². The largest absolute Gasteiger partial charge is 0.480 e. The SMILES string of the molecule is CC(=O)[C@@]1(CCCNC(=O)CCCN=C(N)N)C(=O)N(CC(=O)O)CCN1NC(=O)OCc1ccccc1. The average molecular weight is 534 g/mol. The maximum atomic E-state index is 13.4. The molecule has 1 aromatic rings. The van der Waals surface area contributed by atoms with Crippen LogP contribution in [0.1, 0.15) is 38.2 Å². The normalized spacial score (nSPS) is 17.4. The highest BCUT2D eigenvalue weighted by atomic mass is 16.6. The molecule has 1 atom stereocenters. The van der Waals surface area contributed by atoms with Crippen LogP contribution in [0.15, 0.2) is 35.3 Å². The number of benzene rings is 1. The van der Waals surface area contributed by atoms with Gasteiger partial charge in [0.25, 0.3) is 5.91 Å². The average Bonchev–Trinajstić information content (AvgIpc) is 2.86. The number of carboxylic acid groups (broad SMARTS) is 1. The van der Waals surface area contributed by atoms with Gasteiger partial charge >= 0.3 is 12.1 Å². The van der Waals surface area contributed by atoms with Crippen molar-refractivity contribution in [1.82, 2.24) is 20.7 Å². The van der Waals surface area contributed by atoms with Crippen molar-refractivity contribution >= 4 is 35.6 Å². The molecule has 0 spiro atoms. The second-order valence-corrected chi connectivity index (χ2v) is 8.73. The molecule has 0 saturated carbocycles. The second-order valence-electron chi connectivity index (χ2n) is 8.73. The number of rotatable bonds is 14. The Balaban J connectivity index is 2.07. The smallest absolute Gasteiger partial charge is 0.422 e. The molecule has 3 amide bonds. The van der Waals surface area contributed by atoms with E-state index in [4.69, 9.17) is 16.2 Å². The van der Waals surface area contributed by atoms with Gasteiger partial charge < -0.3 is 31.5 Å². The summed E-state index contributed by atoms with van der Waals surface area (Å²) in [7, 11) is 0. The highest BCUT2D eigenvalue weighted by Crippen LogP contribution is 2.28. The van der Waals surface area contributed by atoms with Gasteiger partial charge in [-0.25, -0.2) is 4.79 Å². The van der Waals surface area contributed by atoms with E-state index >= 15 is 0 Å². The molecule has 1 aliphatic heterocycles. The first-order valence-corrected chi connectivity index (χ1v) is 12.2. The Morgan fingerprint density at radius 3 is 2.47 bits per heavy atom. The number of aliphatic imine (C=N–C) groups is 1. The number of guanidine groups is 1. The first-order chi connectivity index (χ1) is 18.1. The number of ether oxygens (including phenoxy) is 1. The Morgan fingerprint density at radius 2 is 1.84 bits per heavy atom. The predicted molar refractivity (Wildman–Crippen MR) is 136 cm³/mol. The van der Waals surface area contributed by atoms with Crippen LogP contribution in [0.2, 0.25) is 0 Å². The lowest BCUT2D eigenvalue weighted by molar-refractivity contribution is -0.165. The lowest BCUT2D eigenvalue weighted by Gasteiger charge is -2.47. The number of carboxylic acids is 1. The zero-order valence-electron chi connectivity index (χ0n) is 21.4. The number of nitrogens with one attached hydrogen (secondary N) is 2. The fourth-order valence-electron chi connectivity index (χ4n) is 4.09. The van der Waals surface area contributed by atoms with Crippen LogP contribution < -0.4 is 22.2 Å². The third-order valence-corrected chi connectivity index (χ3v) is 5.94. The number of aliphatic carboxylic acids is 1. The molecule has 1 heterocycles. The molecule has 0 unspecified atom stereocenters. The molecular weight excluding hydrogens is 498 g/mol. The number of nitrogens with two attached hydrogens (primary N) is 2. The Labute approximate surface area is 220 Å². The van der Waals surface area contributed by atoms with Gasteiger partial charge in [-0.2, -0.15) is 5.01 Å². The number of hydrogen-bond acceptors (Lipinski definition) is 8. The molecule has 0 aromatic heterocycles. The van der Waals surface area contributed by atoms with E-state index in [-0.39, 0.29) is 57.4 Å². The number of carbonyl (C=O) groups is 5. The van der Waals surface area contributed by atoms with E-state index in [1.54, 1.807) is 24.3 Å². The minimum Gasteiger partial charge on any atom is -0.480 e. The molecular formula is C24H35N7O7. The molecule has 0 bridgehead atoms. The first kappa shape index (κ1) is 30.0. The lowest BCUT2D eigenvalue weighted by atomic mass is 9.84. The predicted octanol–water partition coefficient (Wildman–Crippen LogP) is -0.666. The van der Waals surface area contributed by atoms with Crippen LogP contribution in [-0.2, 0) is 30.5 Å². The van der Waals surface area contributed by atoms with Gasteiger partial charge in [-0.15, -0.1) is 0 Å². The zero-order valence-corrected chi connectivity index (χ0v) is 21.4. The van der Waals surface area contributed by atoms with Crippen molar-refractivity contribution in [2.24, 2.45) is 16.5 Å². The Hall–Kier alpha value is -4.20. The molecule has 1 aliphatic rings. The molecule has 1 fully saturated rings. The molecule has 0 radical (unpaired) electrons. The summed E-state index contributed by atoms with van der Waals surface area (Å²) in [6.07, 6.45) is -0.130. The maximum absolute atomic E-state index is 13.4. The van der Waals surface area contributed by atoms with E-state index in [0.717, 1.165) is 10.5 Å². The molecule has 7 N–H and O–H groups in total. The summed E-state index contributed by atoms with van der Waals surface area (Å²) >= 11 is 0. The highest BCUT2D eigenvalue weighted by molar-refractivity contribution is 6.10. The fraction of sp³-hybridized carbons (Fsp3) is 0.500. The van der Waals surface area contributed by atoms with E-state index in [2.05, 4.69) is 15.7 Å². The summed E-state index contributed by atoms with van der Waals surface area (Å²) in [6.45, 7) is 1.01. The molecule has 208 valence electrons. The van der Waals surface area contributed by atoms with Crippen LogP contribution in [0.3, 0.4) is 0 Å². The van der Waals surface area contributed by atoms with Crippen molar-refractivity contribution < 1.29 is 33.8 Å². The minimum absolute atomic E-state index is 0.00378. The van der Waals surface area contributed by atoms with Crippen molar-refractivity contribution in [3.63, 3.8) is 0 Å². The highest BCUT2D eigenvalue weighted by Gasteiger charge is 2.54. The molecule has 0 aliphatic carbocycles. The van der Waals surface area contributed by atoms with Crippen LogP contribution in [0.25, 0.3) is 0 Å². The zero-order chi connectivity index (χ0) is 28.1. The molecule has 1 saturated heterocycles. The Kier molecular flexibility index (Phi) is 11.5. The van der Waals surface area contributed by atoms with Crippen molar-refractivity contribution in [2.75, 3.05) is 32.7 Å². The van der Waals surface area contributed by atoms with Crippen molar-refractivity contribution in [3.8, 4) is 0 Å². The van der Waals surface area contributed by atoms with Gasteiger partial charge in [0.2, 0.25) is 5.91 Å². The van der Waals surface area contributed by atoms with E-state index in [1.165, 1.54) is 11.9 Å². The van der Waals surface area contributed by atoms with Crippen LogP contribution in [0.4, 0.5) is 4.79 Å². The lowest BCUT2D eigenvalue weighted by Crippen LogP contribution is -2.73. The van der Waals surface area contributed by atoms with Gasteiger partial charge in [-0.3, -0.25) is 29.6 Å². The molecule has 38 heavy (non-hydrogen) atoms. The topological polar surface area (TPSA) is 210 Å². The third kappa shape index (κ3) is 8.73. The molecule has 2 rings (SSSR count). The van der Waals surface area contributed by atoms with Gasteiger partial charge in [0.1, 0.15) is 13.2 Å². The van der Waals surface area contributed by atoms with Gasteiger partial charge in [0, 0.05) is 32.6 Å². The van der Waals surface area contributed by atoms with Gasteiger partial charge in [0.15, 0.2) is 17.3 Å².